The maximum atomic E-state index is 15.6. The molecule has 0 unspecified atom stereocenters. The third kappa shape index (κ3) is 5.99. The fourth-order valence-electron chi connectivity index (χ4n) is 5.62. The van der Waals surface area contributed by atoms with Crippen molar-refractivity contribution < 1.29 is 41.3 Å². The van der Waals surface area contributed by atoms with Gasteiger partial charge in [-0.3, -0.25) is 0 Å². The molecule has 13 heteroatoms. The third-order valence-corrected chi connectivity index (χ3v) is 8.15. The lowest BCUT2D eigenvalue weighted by Gasteiger charge is -2.28. The maximum Gasteiger partial charge on any atom is 0.335 e. The number of benzene rings is 3. The zero-order valence-corrected chi connectivity index (χ0v) is 25.0. The van der Waals surface area contributed by atoms with E-state index in [1.54, 1.807) is 10.6 Å². The maximum absolute atomic E-state index is 15.6. The van der Waals surface area contributed by atoms with Gasteiger partial charge in [0, 0.05) is 23.0 Å². The van der Waals surface area contributed by atoms with E-state index in [9.17, 15) is 18.7 Å². The van der Waals surface area contributed by atoms with Gasteiger partial charge in [-0.15, -0.1) is 0 Å². The lowest BCUT2D eigenvalue weighted by atomic mass is 9.87. The number of nitrogens with zero attached hydrogens (tertiary/aromatic N) is 4. The molecule has 1 aliphatic rings. The van der Waals surface area contributed by atoms with Gasteiger partial charge in [0.25, 0.3) is 5.88 Å². The molecular formula is C34H25F5N4O4. The van der Waals surface area contributed by atoms with Gasteiger partial charge in [0.1, 0.15) is 35.4 Å². The number of fused-ring (bicyclic) bond motifs is 1. The number of ether oxygens (including phenoxy) is 2. The lowest BCUT2D eigenvalue weighted by molar-refractivity contribution is 0.0696. The number of aromatic carboxylic acids is 1. The van der Waals surface area contributed by atoms with E-state index in [4.69, 9.17) is 14.7 Å². The second kappa shape index (κ2) is 12.1. The molecule has 0 spiro atoms. The van der Waals surface area contributed by atoms with Crippen LogP contribution in [0.1, 0.15) is 52.8 Å². The number of imidazole rings is 1. The largest absolute Gasteiger partial charge is 0.478 e. The van der Waals surface area contributed by atoms with Crippen LogP contribution >= 0.6 is 0 Å². The molecule has 5 aromatic rings. The number of carboxylic acid groups (broad SMARTS) is 1. The van der Waals surface area contributed by atoms with Gasteiger partial charge in [-0.25, -0.2) is 36.7 Å². The highest BCUT2D eigenvalue weighted by Gasteiger charge is 2.39. The van der Waals surface area contributed by atoms with E-state index in [2.05, 4.69) is 9.97 Å². The molecular weight excluding hydrogens is 623 g/mol. The minimum Gasteiger partial charge on any atom is -0.478 e. The van der Waals surface area contributed by atoms with Crippen LogP contribution in [0, 0.1) is 45.8 Å². The average molecular weight is 649 g/mol. The summed E-state index contributed by atoms with van der Waals surface area (Å²) in [5, 5.41) is 18.4. The summed E-state index contributed by atoms with van der Waals surface area (Å²) in [6, 6.07) is 11.1. The van der Waals surface area contributed by atoms with Crippen molar-refractivity contribution in [1.29, 1.82) is 5.26 Å². The smallest absolute Gasteiger partial charge is 0.335 e. The highest BCUT2D eigenvalue weighted by Crippen LogP contribution is 2.41. The predicted molar refractivity (Wildman–Crippen MR) is 158 cm³/mol. The van der Waals surface area contributed by atoms with Crippen molar-refractivity contribution in [2.45, 2.75) is 32.9 Å². The van der Waals surface area contributed by atoms with Gasteiger partial charge < -0.3 is 19.1 Å². The number of aromatic nitrogens is 3. The van der Waals surface area contributed by atoms with Crippen molar-refractivity contribution in [1.82, 2.24) is 14.5 Å². The number of hydrogen-bond acceptors (Lipinski definition) is 6. The summed E-state index contributed by atoms with van der Waals surface area (Å²) in [4.78, 5) is 20.1. The van der Waals surface area contributed by atoms with Crippen LogP contribution in [0.5, 0.6) is 5.88 Å². The molecule has 1 aliphatic heterocycles. The number of hydrogen-bond donors (Lipinski definition) is 1. The highest BCUT2D eigenvalue weighted by atomic mass is 19.1. The monoisotopic (exact) mass is 648 g/mol. The van der Waals surface area contributed by atoms with Crippen LogP contribution in [0.25, 0.3) is 22.3 Å². The van der Waals surface area contributed by atoms with Crippen LogP contribution in [0.15, 0.2) is 54.6 Å². The van der Waals surface area contributed by atoms with Gasteiger partial charge in [0.2, 0.25) is 0 Å². The number of halogens is 5. The molecule has 8 nitrogen and oxygen atoms in total. The predicted octanol–water partition coefficient (Wildman–Crippen LogP) is 7.13. The molecule has 0 bridgehead atoms. The molecule has 47 heavy (non-hydrogen) atoms. The topological polar surface area (TPSA) is 110 Å². The van der Waals surface area contributed by atoms with Crippen molar-refractivity contribution in [3.05, 3.63) is 112 Å². The third-order valence-electron chi connectivity index (χ3n) is 8.15. The van der Waals surface area contributed by atoms with Gasteiger partial charge >= 0.3 is 5.97 Å². The van der Waals surface area contributed by atoms with Crippen LogP contribution in [0.3, 0.4) is 0 Å². The van der Waals surface area contributed by atoms with E-state index < -0.39 is 59.0 Å². The van der Waals surface area contributed by atoms with Gasteiger partial charge in [-0.1, -0.05) is 19.9 Å². The highest BCUT2D eigenvalue weighted by molar-refractivity contribution is 5.93. The molecule has 3 aromatic carbocycles. The summed E-state index contributed by atoms with van der Waals surface area (Å²) in [5.74, 6) is -6.05. The Morgan fingerprint density at radius 3 is 2.43 bits per heavy atom. The summed E-state index contributed by atoms with van der Waals surface area (Å²) in [5.41, 5.74) is -1.20. The van der Waals surface area contributed by atoms with Gasteiger partial charge in [-0.2, -0.15) is 5.26 Å². The summed E-state index contributed by atoms with van der Waals surface area (Å²) in [7, 11) is 0. The number of carboxylic acids is 1. The van der Waals surface area contributed by atoms with E-state index in [1.807, 2.05) is 13.8 Å². The van der Waals surface area contributed by atoms with Crippen molar-refractivity contribution in [3.63, 3.8) is 0 Å². The number of carbonyl (C=O) groups is 1. The Balaban J connectivity index is 1.34. The molecule has 1 atom stereocenters. The van der Waals surface area contributed by atoms with E-state index in [0.29, 0.717) is 6.61 Å². The summed E-state index contributed by atoms with van der Waals surface area (Å²) < 4.78 is 87.7. The van der Waals surface area contributed by atoms with Crippen LogP contribution in [0.2, 0.25) is 0 Å². The van der Waals surface area contributed by atoms with Crippen LogP contribution < -0.4 is 4.74 Å². The Morgan fingerprint density at radius 2 is 1.74 bits per heavy atom. The van der Waals surface area contributed by atoms with Crippen LogP contribution in [-0.2, 0) is 17.8 Å². The van der Waals surface area contributed by atoms with Crippen molar-refractivity contribution >= 4 is 17.0 Å². The molecule has 0 amide bonds. The molecule has 2 aromatic heterocycles. The molecule has 0 saturated carbocycles. The molecule has 1 fully saturated rings. The zero-order valence-electron chi connectivity index (χ0n) is 25.0. The van der Waals surface area contributed by atoms with Gasteiger partial charge in [-0.05, 0) is 54.1 Å². The van der Waals surface area contributed by atoms with Crippen LogP contribution in [0.4, 0.5) is 22.0 Å². The summed E-state index contributed by atoms with van der Waals surface area (Å²) in [6.45, 7) is 3.95. The first-order chi connectivity index (χ1) is 22.4. The van der Waals surface area contributed by atoms with Crippen molar-refractivity contribution in [2.75, 3.05) is 13.2 Å². The first-order valence-electron chi connectivity index (χ1n) is 14.3. The summed E-state index contributed by atoms with van der Waals surface area (Å²) in [6.07, 6.45) is -0.284. The van der Waals surface area contributed by atoms with Crippen molar-refractivity contribution in [2.24, 2.45) is 5.41 Å². The molecule has 1 N–H and O–H groups in total. The zero-order chi connectivity index (χ0) is 33.6. The van der Waals surface area contributed by atoms with E-state index in [-0.39, 0.29) is 63.4 Å². The fraction of sp³-hybridized carbons (Fsp3) is 0.235. The quantitative estimate of drug-likeness (QED) is 0.178. The summed E-state index contributed by atoms with van der Waals surface area (Å²) >= 11 is 0. The lowest BCUT2D eigenvalue weighted by Crippen LogP contribution is -2.27. The Bertz CT molecular complexity index is 2110. The SMILES string of the molecule is CC1(C)COC[C@H]1n1c(Cc2cc(F)c(-c3ccc(F)c(OCc4ccc(C#N)cc4F)n3)cc2F)nc2c(F)cc(C(=O)O)cc21. The standard InChI is InChI=1S/C34H25F5N4O4/c1-34(2)16-46-15-29(34)43-28-10-20(33(44)45)9-26(39)31(28)42-30(43)11-19-8-25(38)21(12-24(19)37)27-6-5-22(35)32(41-27)47-14-18-4-3-17(13-40)7-23(18)36/h3-10,12,29H,11,14-16H2,1-2H3,(H,44,45)/t29-/m1/s1. The minimum atomic E-state index is -1.34. The van der Waals surface area contributed by atoms with Crippen LogP contribution in [-0.4, -0.2) is 38.8 Å². The first kappa shape index (κ1) is 31.6. The molecule has 1 saturated heterocycles. The Hall–Kier alpha value is -5.35. The molecule has 0 radical (unpaired) electrons. The molecule has 3 heterocycles. The van der Waals surface area contributed by atoms with E-state index in [1.165, 1.54) is 18.2 Å². The number of rotatable bonds is 8. The van der Waals surface area contributed by atoms with E-state index in [0.717, 1.165) is 36.4 Å². The molecule has 0 aliphatic carbocycles. The number of pyridine rings is 1. The minimum absolute atomic E-state index is 0.0230. The second-order valence-electron chi connectivity index (χ2n) is 11.8. The van der Waals surface area contributed by atoms with Crippen molar-refractivity contribution in [3.8, 4) is 23.2 Å². The first-order valence-corrected chi connectivity index (χ1v) is 14.3. The van der Waals surface area contributed by atoms with Gasteiger partial charge in [0.05, 0.1) is 47.7 Å². The Labute approximate surface area is 264 Å². The molecule has 6 rings (SSSR count). The Kier molecular flexibility index (Phi) is 8.15. The average Bonchev–Trinajstić information content (AvgIpc) is 3.56. The van der Waals surface area contributed by atoms with Gasteiger partial charge in [0.15, 0.2) is 11.6 Å². The Morgan fingerprint density at radius 1 is 0.979 bits per heavy atom. The number of nitriles is 1. The normalized spacial score (nSPS) is 15.6. The second-order valence-corrected chi connectivity index (χ2v) is 11.8. The molecule has 240 valence electrons. The fourth-order valence-corrected chi connectivity index (χ4v) is 5.62. The van der Waals surface area contributed by atoms with E-state index >= 15 is 13.2 Å².